The molecule has 1 saturated carbocycles. The lowest BCUT2D eigenvalue weighted by molar-refractivity contribution is -0.141. The Labute approximate surface area is 209 Å². The summed E-state index contributed by atoms with van der Waals surface area (Å²) in [5, 5.41) is 4.73. The van der Waals surface area contributed by atoms with Crippen molar-refractivity contribution in [3.63, 3.8) is 0 Å². The van der Waals surface area contributed by atoms with E-state index in [1.165, 1.54) is 7.05 Å². The molecule has 4 N–H and O–H groups in total. The maximum Gasteiger partial charge on any atom is 0.254 e. The van der Waals surface area contributed by atoms with E-state index in [0.29, 0.717) is 25.4 Å². The summed E-state index contributed by atoms with van der Waals surface area (Å²) in [6, 6.07) is 10.1. The number of likely N-dealkylation sites (tertiary alicyclic amines) is 1. The zero-order chi connectivity index (χ0) is 25.8. The first-order valence-electron chi connectivity index (χ1n) is 12.4. The molecule has 0 unspecified atom stereocenters. The molecule has 7 nitrogen and oxygen atoms in total. The van der Waals surface area contributed by atoms with Crippen molar-refractivity contribution in [2.75, 3.05) is 25.5 Å². The zero-order valence-electron chi connectivity index (χ0n) is 20.3. The van der Waals surface area contributed by atoms with Crippen LogP contribution in [0.4, 0.5) is 14.5 Å². The number of hydrogen-bond acceptors (Lipinski definition) is 4. The molecule has 2 aliphatic rings. The normalized spacial score (nSPS) is 23.8. The molecule has 0 spiro atoms. The Bertz CT molecular complexity index is 1120. The van der Waals surface area contributed by atoms with Crippen LogP contribution in [0.25, 0.3) is 0 Å². The van der Waals surface area contributed by atoms with Crippen molar-refractivity contribution in [1.82, 2.24) is 10.2 Å². The molecule has 2 aromatic rings. The van der Waals surface area contributed by atoms with Crippen LogP contribution >= 0.6 is 0 Å². The number of nitrogens with zero attached hydrogens (tertiary/aromatic N) is 1. The second-order valence-electron chi connectivity index (χ2n) is 9.62. The van der Waals surface area contributed by atoms with E-state index in [1.807, 2.05) is 30.3 Å². The molecular weight excluding hydrogens is 466 g/mol. The number of nitrogens with one attached hydrogen (secondary N) is 2. The molecule has 1 saturated heterocycles. The third-order valence-corrected chi connectivity index (χ3v) is 7.49. The van der Waals surface area contributed by atoms with Crippen LogP contribution in [0.2, 0.25) is 0 Å². The van der Waals surface area contributed by atoms with E-state index in [-0.39, 0.29) is 23.4 Å². The first-order chi connectivity index (χ1) is 17.3. The average Bonchev–Trinajstić information content (AvgIpc) is 3.35. The number of anilines is 1. The van der Waals surface area contributed by atoms with Crippen molar-refractivity contribution >= 4 is 23.4 Å². The number of carbonyl (C=O) groups is 3. The molecule has 1 heterocycles. The van der Waals surface area contributed by atoms with Gasteiger partial charge in [0.15, 0.2) is 0 Å². The average molecular weight is 499 g/mol. The van der Waals surface area contributed by atoms with Crippen molar-refractivity contribution < 1.29 is 23.2 Å². The van der Waals surface area contributed by atoms with E-state index in [1.54, 1.807) is 4.90 Å². The highest BCUT2D eigenvalue weighted by Gasteiger charge is 2.44. The standard InChI is InChI=1S/C27H32F2N4O3/c1-31-25(34)20-13-22(29)23(14-21(20)28)32-26(35)24-19(17-5-3-2-4-6-17)11-12-33(24)27(36)18-9-7-16(15-30)8-10-18/h2-6,13-14,16,18-19,24H,7-12,15,30H2,1H3,(H,31,34)(H,32,35)/t16?,18?,19-,24+/m1/s1. The Kier molecular flexibility index (Phi) is 7.98. The number of benzene rings is 2. The second-order valence-corrected chi connectivity index (χ2v) is 9.62. The predicted molar refractivity (Wildman–Crippen MR) is 132 cm³/mol. The van der Waals surface area contributed by atoms with Gasteiger partial charge in [0.2, 0.25) is 11.8 Å². The van der Waals surface area contributed by atoms with Crippen LogP contribution in [-0.2, 0) is 9.59 Å². The molecule has 2 fully saturated rings. The van der Waals surface area contributed by atoms with Crippen molar-refractivity contribution in [3.8, 4) is 0 Å². The summed E-state index contributed by atoms with van der Waals surface area (Å²) in [4.78, 5) is 40.5. The van der Waals surface area contributed by atoms with Crippen LogP contribution in [0, 0.1) is 23.5 Å². The molecule has 0 aromatic heterocycles. The lowest BCUT2D eigenvalue weighted by atomic mass is 9.81. The van der Waals surface area contributed by atoms with Gasteiger partial charge in [0, 0.05) is 31.5 Å². The van der Waals surface area contributed by atoms with Crippen molar-refractivity contribution in [3.05, 3.63) is 65.2 Å². The van der Waals surface area contributed by atoms with Gasteiger partial charge in [-0.15, -0.1) is 0 Å². The number of hydrogen-bond donors (Lipinski definition) is 3. The molecule has 1 aliphatic heterocycles. The first kappa shape index (κ1) is 25.8. The highest BCUT2D eigenvalue weighted by Crippen LogP contribution is 2.38. The minimum absolute atomic E-state index is 0.0781. The van der Waals surface area contributed by atoms with Gasteiger partial charge in [0.05, 0.1) is 11.3 Å². The smallest absolute Gasteiger partial charge is 0.254 e. The minimum atomic E-state index is -0.957. The lowest BCUT2D eigenvalue weighted by Gasteiger charge is -2.33. The highest BCUT2D eigenvalue weighted by atomic mass is 19.1. The van der Waals surface area contributed by atoms with E-state index in [4.69, 9.17) is 5.73 Å². The molecule has 2 atom stereocenters. The van der Waals surface area contributed by atoms with Crippen LogP contribution in [0.5, 0.6) is 0 Å². The third kappa shape index (κ3) is 5.26. The van der Waals surface area contributed by atoms with Gasteiger partial charge in [0.1, 0.15) is 17.7 Å². The summed E-state index contributed by atoms with van der Waals surface area (Å²) < 4.78 is 29.3. The fraction of sp³-hybridized carbons (Fsp3) is 0.444. The minimum Gasteiger partial charge on any atom is -0.355 e. The number of nitrogens with two attached hydrogens (primary N) is 1. The molecule has 36 heavy (non-hydrogen) atoms. The SMILES string of the molecule is CNC(=O)c1cc(F)c(NC(=O)[C@@H]2[C@@H](c3ccccc3)CCN2C(=O)C2CCC(CN)CC2)cc1F. The van der Waals surface area contributed by atoms with Crippen LogP contribution < -0.4 is 16.4 Å². The highest BCUT2D eigenvalue weighted by molar-refractivity contribution is 6.00. The van der Waals surface area contributed by atoms with E-state index in [2.05, 4.69) is 10.6 Å². The van der Waals surface area contributed by atoms with Gasteiger partial charge in [-0.2, -0.15) is 0 Å². The lowest BCUT2D eigenvalue weighted by Crippen LogP contribution is -2.48. The summed E-state index contributed by atoms with van der Waals surface area (Å²) in [5.74, 6) is -3.38. The summed E-state index contributed by atoms with van der Waals surface area (Å²) in [6.07, 6.45) is 3.78. The van der Waals surface area contributed by atoms with Crippen LogP contribution in [0.3, 0.4) is 0 Å². The van der Waals surface area contributed by atoms with Gasteiger partial charge >= 0.3 is 0 Å². The number of amides is 3. The Balaban J connectivity index is 1.60. The molecule has 192 valence electrons. The van der Waals surface area contributed by atoms with Crippen molar-refractivity contribution in [2.45, 2.75) is 44.1 Å². The zero-order valence-corrected chi connectivity index (χ0v) is 20.3. The second kappa shape index (κ2) is 11.2. The molecule has 9 heteroatoms. The maximum absolute atomic E-state index is 14.8. The van der Waals surface area contributed by atoms with Crippen LogP contribution in [0.1, 0.15) is 53.9 Å². The van der Waals surface area contributed by atoms with Gasteiger partial charge in [-0.1, -0.05) is 30.3 Å². The molecule has 2 aromatic carbocycles. The Morgan fingerprint density at radius 1 is 1.00 bits per heavy atom. The van der Waals surface area contributed by atoms with Crippen molar-refractivity contribution in [1.29, 1.82) is 0 Å². The van der Waals surface area contributed by atoms with Gasteiger partial charge in [-0.25, -0.2) is 8.78 Å². The molecule has 0 bridgehead atoms. The Morgan fingerprint density at radius 3 is 2.33 bits per heavy atom. The van der Waals surface area contributed by atoms with E-state index in [9.17, 15) is 23.2 Å². The van der Waals surface area contributed by atoms with Gasteiger partial charge in [0.25, 0.3) is 5.91 Å². The molecule has 4 rings (SSSR count). The molecule has 0 radical (unpaired) electrons. The topological polar surface area (TPSA) is 105 Å². The monoisotopic (exact) mass is 498 g/mol. The van der Waals surface area contributed by atoms with E-state index < -0.39 is 35.1 Å². The van der Waals surface area contributed by atoms with Crippen LogP contribution in [-0.4, -0.2) is 48.8 Å². The van der Waals surface area contributed by atoms with E-state index >= 15 is 0 Å². The fourth-order valence-corrected chi connectivity index (χ4v) is 5.45. The van der Waals surface area contributed by atoms with Gasteiger partial charge in [-0.3, -0.25) is 14.4 Å². The van der Waals surface area contributed by atoms with Crippen molar-refractivity contribution in [2.24, 2.45) is 17.6 Å². The Morgan fingerprint density at radius 2 is 1.69 bits per heavy atom. The first-order valence-corrected chi connectivity index (χ1v) is 12.4. The van der Waals surface area contributed by atoms with E-state index in [0.717, 1.165) is 43.4 Å². The molecule has 3 amide bonds. The summed E-state index contributed by atoms with van der Waals surface area (Å²) in [7, 11) is 1.31. The number of carbonyl (C=O) groups excluding carboxylic acids is 3. The summed E-state index contributed by atoms with van der Waals surface area (Å²) in [5.41, 5.74) is 5.86. The molecule has 1 aliphatic carbocycles. The number of halogens is 2. The maximum atomic E-state index is 14.8. The van der Waals surface area contributed by atoms with Gasteiger partial charge < -0.3 is 21.3 Å². The quantitative estimate of drug-likeness (QED) is 0.568. The van der Waals surface area contributed by atoms with Crippen LogP contribution in [0.15, 0.2) is 42.5 Å². The molecular formula is C27H32F2N4O3. The summed E-state index contributed by atoms with van der Waals surface area (Å²) in [6.45, 7) is 1.01. The summed E-state index contributed by atoms with van der Waals surface area (Å²) >= 11 is 0. The van der Waals surface area contributed by atoms with Gasteiger partial charge in [-0.05, 0) is 56.2 Å². The largest absolute Gasteiger partial charge is 0.355 e. The number of rotatable bonds is 6. The Hall–Kier alpha value is -3.33. The fourth-order valence-electron chi connectivity index (χ4n) is 5.45. The third-order valence-electron chi connectivity index (χ3n) is 7.49. The predicted octanol–water partition coefficient (Wildman–Crippen LogP) is 3.41.